The normalized spacial score (nSPS) is 22.7. The Bertz CT molecular complexity index is 665. The van der Waals surface area contributed by atoms with Gasteiger partial charge in [-0.1, -0.05) is 43.9 Å². The Morgan fingerprint density at radius 3 is 3.09 bits per heavy atom. The summed E-state index contributed by atoms with van der Waals surface area (Å²) in [5.74, 6) is 0.163. The van der Waals surface area contributed by atoms with E-state index in [1.165, 1.54) is 0 Å². The van der Waals surface area contributed by atoms with Crippen LogP contribution in [0.1, 0.15) is 24.6 Å². The molecule has 0 aromatic carbocycles. The molecule has 1 atom stereocenters. The molecular formula is C18H24N4O. The van der Waals surface area contributed by atoms with Crippen LogP contribution in [0.5, 0.6) is 0 Å². The largest absolute Gasteiger partial charge is 0.392 e. The van der Waals surface area contributed by atoms with Gasteiger partial charge >= 0.3 is 0 Å². The molecule has 1 aliphatic rings. The van der Waals surface area contributed by atoms with Crippen LogP contribution in [-0.4, -0.2) is 33.8 Å². The first-order chi connectivity index (χ1) is 11.1. The third kappa shape index (κ3) is 4.79. The maximum Gasteiger partial charge on any atom is 0.0920 e. The van der Waals surface area contributed by atoms with E-state index in [0.717, 1.165) is 22.5 Å². The average molecular weight is 312 g/mol. The molecule has 0 fully saturated rings. The fourth-order valence-electron chi connectivity index (χ4n) is 2.32. The lowest BCUT2D eigenvalue weighted by Crippen LogP contribution is -2.15. The molecule has 1 aromatic rings. The summed E-state index contributed by atoms with van der Waals surface area (Å²) in [6.07, 6.45) is 14.4. The second-order valence-electron chi connectivity index (χ2n) is 5.50. The lowest BCUT2D eigenvalue weighted by molar-refractivity contribution is 0.334. The van der Waals surface area contributed by atoms with Gasteiger partial charge < -0.3 is 10.5 Å². The Kier molecular flexibility index (Phi) is 6.11. The molecule has 2 N–H and O–H groups in total. The standard InChI is InChI=1S/C18H24N4O/c1-4-16-12-22(3)21-18(16)9-7-14(2)17-10-8-15(13-23)6-5-11-19-20-17/h4-9,12,14,19,23H,1,10-11,13H2,2-3H3/b6-5-,9-7-,15-8+,20-17+. The van der Waals surface area contributed by atoms with Gasteiger partial charge in [-0.25, -0.2) is 0 Å². The van der Waals surface area contributed by atoms with Gasteiger partial charge in [-0.15, -0.1) is 0 Å². The van der Waals surface area contributed by atoms with Crippen molar-refractivity contribution in [2.75, 3.05) is 13.2 Å². The predicted octanol–water partition coefficient (Wildman–Crippen LogP) is 2.54. The van der Waals surface area contributed by atoms with Gasteiger partial charge in [0.2, 0.25) is 0 Å². The van der Waals surface area contributed by atoms with Crippen LogP contribution in [0.25, 0.3) is 12.2 Å². The van der Waals surface area contributed by atoms with Gasteiger partial charge in [0.05, 0.1) is 18.8 Å². The minimum atomic E-state index is 0.0463. The number of hydrogen-bond acceptors (Lipinski definition) is 4. The number of aryl methyl sites for hydroxylation is 1. The SMILES string of the molecule is C=Cc1cn(C)nc1/C=C\C(C)/C1=N/NC/C=C\C(CO)=C/C1. The van der Waals surface area contributed by atoms with Gasteiger partial charge in [-0.2, -0.15) is 10.2 Å². The molecule has 1 aromatic heterocycles. The molecule has 5 heteroatoms. The van der Waals surface area contributed by atoms with Crippen LogP contribution >= 0.6 is 0 Å². The molecule has 0 saturated heterocycles. The molecule has 1 unspecified atom stereocenters. The van der Waals surface area contributed by atoms with Gasteiger partial charge in [-0.3, -0.25) is 4.68 Å². The second kappa shape index (κ2) is 8.29. The summed E-state index contributed by atoms with van der Waals surface area (Å²) in [5, 5.41) is 18.2. The number of hydrazone groups is 1. The van der Waals surface area contributed by atoms with E-state index in [2.05, 4.69) is 35.2 Å². The molecule has 0 saturated carbocycles. The summed E-state index contributed by atoms with van der Waals surface area (Å²) in [6, 6.07) is 0. The maximum absolute atomic E-state index is 9.32. The molecule has 0 aliphatic carbocycles. The molecule has 2 heterocycles. The van der Waals surface area contributed by atoms with E-state index < -0.39 is 0 Å². The average Bonchev–Trinajstić information content (AvgIpc) is 2.97. The van der Waals surface area contributed by atoms with E-state index in [1.54, 1.807) is 10.8 Å². The molecular weight excluding hydrogens is 288 g/mol. The lowest BCUT2D eigenvalue weighted by Gasteiger charge is -2.09. The highest BCUT2D eigenvalue weighted by Gasteiger charge is 2.09. The van der Waals surface area contributed by atoms with Gasteiger partial charge in [0, 0.05) is 36.9 Å². The zero-order chi connectivity index (χ0) is 16.7. The van der Waals surface area contributed by atoms with Gasteiger partial charge in [0.25, 0.3) is 0 Å². The van der Waals surface area contributed by atoms with Gasteiger partial charge in [0.1, 0.15) is 0 Å². The van der Waals surface area contributed by atoms with Crippen molar-refractivity contribution >= 4 is 17.9 Å². The Hall–Kier alpha value is -2.40. The zero-order valence-corrected chi connectivity index (χ0v) is 13.7. The first-order valence-electron chi connectivity index (χ1n) is 7.74. The summed E-state index contributed by atoms with van der Waals surface area (Å²) in [6.45, 7) is 6.61. The quantitative estimate of drug-likeness (QED) is 0.878. The summed E-state index contributed by atoms with van der Waals surface area (Å²) < 4.78 is 1.78. The van der Waals surface area contributed by atoms with E-state index in [1.807, 2.05) is 37.5 Å². The molecule has 0 bridgehead atoms. The highest BCUT2D eigenvalue weighted by molar-refractivity contribution is 5.89. The second-order valence-corrected chi connectivity index (χ2v) is 5.50. The number of rotatable bonds is 5. The van der Waals surface area contributed by atoms with E-state index in [9.17, 15) is 5.11 Å². The van der Waals surface area contributed by atoms with Crippen LogP contribution in [-0.2, 0) is 7.05 Å². The molecule has 0 amide bonds. The van der Waals surface area contributed by atoms with Crippen molar-refractivity contribution in [2.45, 2.75) is 13.3 Å². The highest BCUT2D eigenvalue weighted by Crippen LogP contribution is 2.14. The minimum absolute atomic E-state index is 0.0463. The first kappa shape index (κ1) is 17.0. The van der Waals surface area contributed by atoms with Crippen molar-refractivity contribution in [1.82, 2.24) is 15.2 Å². The molecule has 122 valence electrons. The topological polar surface area (TPSA) is 62.4 Å². The number of aromatic nitrogens is 2. The van der Waals surface area contributed by atoms with Crippen LogP contribution < -0.4 is 5.43 Å². The van der Waals surface area contributed by atoms with Gasteiger partial charge in [0.15, 0.2) is 0 Å². The fraction of sp³-hybridized carbons (Fsp3) is 0.333. The van der Waals surface area contributed by atoms with Crippen LogP contribution in [0.4, 0.5) is 0 Å². The first-order valence-corrected chi connectivity index (χ1v) is 7.74. The third-order valence-electron chi connectivity index (χ3n) is 3.70. The molecule has 0 radical (unpaired) electrons. The van der Waals surface area contributed by atoms with E-state index in [4.69, 9.17) is 0 Å². The number of allylic oxidation sites excluding steroid dienone is 2. The van der Waals surface area contributed by atoms with E-state index >= 15 is 0 Å². The van der Waals surface area contributed by atoms with Crippen molar-refractivity contribution < 1.29 is 5.11 Å². The van der Waals surface area contributed by atoms with E-state index in [0.29, 0.717) is 13.0 Å². The monoisotopic (exact) mass is 312 g/mol. The van der Waals surface area contributed by atoms with Crippen LogP contribution in [0.3, 0.4) is 0 Å². The molecule has 1 aliphatic heterocycles. The number of aliphatic hydroxyl groups is 1. The van der Waals surface area contributed by atoms with E-state index in [-0.39, 0.29) is 12.5 Å². The fourth-order valence-corrected chi connectivity index (χ4v) is 2.32. The molecule has 0 spiro atoms. The molecule has 23 heavy (non-hydrogen) atoms. The summed E-state index contributed by atoms with van der Waals surface area (Å²) >= 11 is 0. The predicted molar refractivity (Wildman–Crippen MR) is 95.9 cm³/mol. The van der Waals surface area contributed by atoms with Crippen molar-refractivity contribution in [2.24, 2.45) is 18.1 Å². The zero-order valence-electron chi connectivity index (χ0n) is 13.7. The highest BCUT2D eigenvalue weighted by atomic mass is 16.3. The van der Waals surface area contributed by atoms with Crippen LogP contribution in [0.15, 0.2) is 47.8 Å². The lowest BCUT2D eigenvalue weighted by atomic mass is 10.0. The maximum atomic E-state index is 9.32. The minimum Gasteiger partial charge on any atom is -0.392 e. The van der Waals surface area contributed by atoms with Crippen molar-refractivity contribution in [1.29, 1.82) is 0 Å². The summed E-state index contributed by atoms with van der Waals surface area (Å²) in [4.78, 5) is 0. The van der Waals surface area contributed by atoms with Crippen LogP contribution in [0.2, 0.25) is 0 Å². The number of nitrogens with zero attached hydrogens (tertiary/aromatic N) is 3. The smallest absolute Gasteiger partial charge is 0.0920 e. The van der Waals surface area contributed by atoms with Crippen molar-refractivity contribution in [3.8, 4) is 0 Å². The summed E-state index contributed by atoms with van der Waals surface area (Å²) in [5.41, 5.74) is 6.89. The van der Waals surface area contributed by atoms with Gasteiger partial charge in [-0.05, 0) is 11.6 Å². The van der Waals surface area contributed by atoms with Crippen LogP contribution in [0, 0.1) is 5.92 Å². The Morgan fingerprint density at radius 1 is 1.52 bits per heavy atom. The Balaban J connectivity index is 2.13. The van der Waals surface area contributed by atoms with Crippen molar-refractivity contribution in [3.05, 3.63) is 53.9 Å². The number of hydrogen-bond donors (Lipinski definition) is 2. The third-order valence-corrected chi connectivity index (χ3v) is 3.70. The molecule has 2 rings (SSSR count). The molecule has 5 nitrogen and oxygen atoms in total. The van der Waals surface area contributed by atoms with Crippen molar-refractivity contribution in [3.63, 3.8) is 0 Å². The number of nitrogens with one attached hydrogen (secondary N) is 1. The Morgan fingerprint density at radius 2 is 2.35 bits per heavy atom. The number of aliphatic hydroxyl groups excluding tert-OH is 1. The summed E-state index contributed by atoms with van der Waals surface area (Å²) in [7, 11) is 1.90. The Labute approximate surface area is 137 Å².